The van der Waals surface area contributed by atoms with E-state index in [-0.39, 0.29) is 23.8 Å². The fraction of sp³-hybridized carbons (Fsp3) is 0.129. The molecule has 0 bridgehead atoms. The molecule has 1 aliphatic rings. The van der Waals surface area contributed by atoms with Crippen molar-refractivity contribution in [3.8, 4) is 11.3 Å². The number of fused-ring (bicyclic) bond motifs is 1. The van der Waals surface area contributed by atoms with Gasteiger partial charge in [-0.05, 0) is 61.5 Å². The van der Waals surface area contributed by atoms with Gasteiger partial charge in [-0.3, -0.25) is 21.1 Å². The van der Waals surface area contributed by atoms with Gasteiger partial charge in [-0.25, -0.2) is 4.68 Å². The van der Waals surface area contributed by atoms with Crippen LogP contribution in [-0.2, 0) is 6.54 Å². The van der Waals surface area contributed by atoms with Gasteiger partial charge in [0.15, 0.2) is 5.82 Å². The highest BCUT2D eigenvalue weighted by Crippen LogP contribution is 2.41. The number of anilines is 2. The Labute approximate surface area is 243 Å². The predicted octanol–water partition coefficient (Wildman–Crippen LogP) is 6.12. The molecule has 1 aliphatic heterocycles. The first kappa shape index (κ1) is 27.9. The van der Waals surface area contributed by atoms with Gasteiger partial charge < -0.3 is 16.4 Å². The number of aliphatic imine (C=N–C) groups is 1. The molecule has 0 radical (unpaired) electrons. The van der Waals surface area contributed by atoms with E-state index in [0.29, 0.717) is 22.8 Å². The molecule has 0 unspecified atom stereocenters. The van der Waals surface area contributed by atoms with Crippen LogP contribution in [0.3, 0.4) is 0 Å². The first-order valence-electron chi connectivity index (χ1n) is 12.9. The molecule has 0 fully saturated rings. The maximum absolute atomic E-state index is 10.3. The Morgan fingerprint density at radius 3 is 2.56 bits per heavy atom. The zero-order chi connectivity index (χ0) is 29.3. The van der Waals surface area contributed by atoms with E-state index in [2.05, 4.69) is 72.9 Å². The van der Waals surface area contributed by atoms with Crippen LogP contribution >= 0.6 is 11.8 Å². The molecular weight excluding hydrogens is 532 g/mol. The zero-order valence-corrected chi connectivity index (χ0v) is 23.8. The van der Waals surface area contributed by atoms with E-state index >= 15 is 0 Å². The van der Waals surface area contributed by atoms with Gasteiger partial charge in [-0.2, -0.15) is 5.10 Å². The van der Waals surface area contributed by atoms with Crippen LogP contribution in [0.4, 0.5) is 17.2 Å². The molecule has 208 valence electrons. The number of nitrogens with two attached hydrogens (primary N) is 2. The largest absolute Gasteiger partial charge is 0.383 e. The number of nitrogen functional groups attached to an aromatic ring is 1. The fourth-order valence-electron chi connectivity index (χ4n) is 5.26. The van der Waals surface area contributed by atoms with E-state index in [1.165, 1.54) is 11.8 Å². The second kappa shape index (κ2) is 11.5. The van der Waals surface area contributed by atoms with Crippen molar-refractivity contribution in [2.75, 3.05) is 16.3 Å². The maximum atomic E-state index is 10.3. The van der Waals surface area contributed by atoms with Gasteiger partial charge in [0, 0.05) is 39.0 Å². The zero-order valence-electron chi connectivity index (χ0n) is 23.0. The second-order valence-corrected chi connectivity index (χ2v) is 10.7. The van der Waals surface area contributed by atoms with Crippen LogP contribution in [0.5, 0.6) is 0 Å². The van der Waals surface area contributed by atoms with Crippen molar-refractivity contribution in [3.63, 3.8) is 0 Å². The molecule has 9 nitrogen and oxygen atoms in total. The summed E-state index contributed by atoms with van der Waals surface area (Å²) in [4.78, 5) is 7.03. The summed E-state index contributed by atoms with van der Waals surface area (Å²) in [5.74, 6) is 0.329. The summed E-state index contributed by atoms with van der Waals surface area (Å²) in [6.45, 7) is 12.5. The number of amidine groups is 1. The minimum absolute atomic E-state index is 0.206. The van der Waals surface area contributed by atoms with Crippen LogP contribution in [-0.4, -0.2) is 33.4 Å². The van der Waals surface area contributed by atoms with Crippen molar-refractivity contribution < 1.29 is 5.21 Å². The van der Waals surface area contributed by atoms with Crippen molar-refractivity contribution in [1.29, 1.82) is 5.41 Å². The standard InChI is InChI=1S/C31H32N8OS/c1-18-8-5-6-11-25(18)39-20(3)27-19(2)9-7-10-21(27)14-23(39)16-38-31(37-40)28(30(33)34)29(36-38)22-12-13-24(35-4)26(15-22)41-17-32/h5-15,37,40H,3-4,16-17,32H2,1-2H3,(H3,33,34). The molecule has 0 aliphatic carbocycles. The van der Waals surface area contributed by atoms with Gasteiger partial charge in [0.2, 0.25) is 0 Å². The fourth-order valence-corrected chi connectivity index (χ4v) is 5.93. The minimum Gasteiger partial charge on any atom is -0.383 e. The molecular formula is C31H32N8OS. The quantitative estimate of drug-likeness (QED) is 0.0542. The third-order valence-corrected chi connectivity index (χ3v) is 7.92. The van der Waals surface area contributed by atoms with Crippen LogP contribution in [0.15, 0.2) is 82.8 Å². The Balaban J connectivity index is 1.68. The smallest absolute Gasteiger partial charge is 0.160 e. The van der Waals surface area contributed by atoms with Crippen LogP contribution in [0.1, 0.15) is 27.8 Å². The first-order chi connectivity index (χ1) is 19.8. The number of nitrogens with one attached hydrogen (secondary N) is 2. The van der Waals surface area contributed by atoms with Gasteiger partial charge in [-0.1, -0.05) is 49.0 Å². The molecule has 0 saturated heterocycles. The molecule has 7 N–H and O–H groups in total. The number of benzene rings is 3. The molecule has 3 aromatic carbocycles. The van der Waals surface area contributed by atoms with Crippen LogP contribution in [0, 0.1) is 19.3 Å². The van der Waals surface area contributed by atoms with Crippen molar-refractivity contribution in [2.45, 2.75) is 25.3 Å². The molecule has 2 heterocycles. The lowest BCUT2D eigenvalue weighted by Gasteiger charge is -2.35. The van der Waals surface area contributed by atoms with Crippen molar-refractivity contribution in [1.82, 2.24) is 9.78 Å². The van der Waals surface area contributed by atoms with Crippen LogP contribution in [0.25, 0.3) is 23.0 Å². The highest BCUT2D eigenvalue weighted by molar-refractivity contribution is 7.99. The number of para-hydroxylation sites is 1. The number of thioether (sulfide) groups is 1. The third-order valence-electron chi connectivity index (χ3n) is 7.11. The second-order valence-electron chi connectivity index (χ2n) is 9.65. The Hall–Kier alpha value is -4.64. The number of hydrogen-bond donors (Lipinski definition) is 5. The lowest BCUT2D eigenvalue weighted by Crippen LogP contribution is -2.28. The van der Waals surface area contributed by atoms with Crippen LogP contribution < -0.4 is 21.8 Å². The topological polar surface area (TPSA) is 142 Å². The van der Waals surface area contributed by atoms with Crippen LogP contribution in [0.2, 0.25) is 0 Å². The number of nitrogens with zero attached hydrogens (tertiary/aromatic N) is 4. The highest BCUT2D eigenvalue weighted by atomic mass is 32.2. The molecule has 0 atom stereocenters. The molecule has 0 spiro atoms. The average molecular weight is 565 g/mol. The summed E-state index contributed by atoms with van der Waals surface area (Å²) < 4.78 is 1.62. The van der Waals surface area contributed by atoms with Crippen molar-refractivity contribution in [3.05, 3.63) is 101 Å². The Kier molecular flexibility index (Phi) is 7.80. The highest BCUT2D eigenvalue weighted by Gasteiger charge is 2.28. The number of aryl methyl sites for hydroxylation is 2. The summed E-state index contributed by atoms with van der Waals surface area (Å²) in [6.07, 6.45) is 2.11. The van der Waals surface area contributed by atoms with E-state index in [9.17, 15) is 5.21 Å². The monoisotopic (exact) mass is 564 g/mol. The summed E-state index contributed by atoms with van der Waals surface area (Å²) in [5, 5.41) is 23.5. The van der Waals surface area contributed by atoms with Gasteiger partial charge in [-0.15, -0.1) is 11.8 Å². The summed E-state index contributed by atoms with van der Waals surface area (Å²) in [5.41, 5.74) is 23.3. The van der Waals surface area contributed by atoms with E-state index in [4.69, 9.17) is 22.0 Å². The maximum Gasteiger partial charge on any atom is 0.160 e. The van der Waals surface area contributed by atoms with E-state index < -0.39 is 0 Å². The van der Waals surface area contributed by atoms with Gasteiger partial charge in [0.1, 0.15) is 11.5 Å². The molecule has 10 heteroatoms. The lowest BCUT2D eigenvalue weighted by molar-refractivity contribution is 0.379. The van der Waals surface area contributed by atoms with E-state index in [0.717, 1.165) is 44.2 Å². The normalized spacial score (nSPS) is 12.6. The van der Waals surface area contributed by atoms with Gasteiger partial charge in [0.25, 0.3) is 0 Å². The Morgan fingerprint density at radius 1 is 1.12 bits per heavy atom. The average Bonchev–Trinajstić information content (AvgIpc) is 3.32. The molecule has 5 rings (SSSR count). The Morgan fingerprint density at radius 2 is 1.88 bits per heavy atom. The number of aromatic nitrogens is 2. The van der Waals surface area contributed by atoms with Gasteiger partial charge in [0.05, 0.1) is 17.8 Å². The SMILES string of the molecule is C=Nc1ccc(-c2nn(CC3=Cc4cccc(C)c4C(=C)N3c3ccccc3C)c(NO)c2C(=N)N)cc1SCN. The summed E-state index contributed by atoms with van der Waals surface area (Å²) in [6, 6.07) is 19.8. The molecule has 41 heavy (non-hydrogen) atoms. The molecule has 0 amide bonds. The first-order valence-corrected chi connectivity index (χ1v) is 13.9. The third kappa shape index (κ3) is 5.04. The molecule has 4 aromatic rings. The lowest BCUT2D eigenvalue weighted by atomic mass is 9.93. The number of rotatable bonds is 9. The van der Waals surface area contributed by atoms with E-state index in [1.807, 2.05) is 36.4 Å². The predicted molar refractivity (Wildman–Crippen MR) is 170 cm³/mol. The summed E-state index contributed by atoms with van der Waals surface area (Å²) in [7, 11) is 0. The molecule has 0 saturated carbocycles. The Bertz CT molecular complexity index is 1720. The van der Waals surface area contributed by atoms with Crippen molar-refractivity contribution >= 4 is 53.3 Å². The number of hydrogen-bond acceptors (Lipinski definition) is 8. The van der Waals surface area contributed by atoms with Crippen molar-refractivity contribution in [2.24, 2.45) is 16.5 Å². The van der Waals surface area contributed by atoms with Gasteiger partial charge >= 0.3 is 0 Å². The van der Waals surface area contributed by atoms with E-state index in [1.54, 1.807) is 4.68 Å². The summed E-state index contributed by atoms with van der Waals surface area (Å²) >= 11 is 1.42. The molecule has 1 aromatic heterocycles. The number of allylic oxidation sites excluding steroid dienone is 1. The minimum atomic E-state index is -0.236.